The maximum atomic E-state index is 12.8. The Hall–Kier alpha value is -0.916. The number of nitrogens with zero attached hydrogens (tertiary/aromatic N) is 1. The Morgan fingerprint density at radius 1 is 1.05 bits per heavy atom. The summed E-state index contributed by atoms with van der Waals surface area (Å²) < 4.78 is 8.08. The van der Waals surface area contributed by atoms with Crippen LogP contribution in [0.25, 0.3) is 0 Å². The largest absolute Gasteiger partial charge is 0.402 e. The van der Waals surface area contributed by atoms with Crippen LogP contribution in [0.15, 0.2) is 30.3 Å². The summed E-state index contributed by atoms with van der Waals surface area (Å²) in [5.41, 5.74) is 0.949. The van der Waals surface area contributed by atoms with E-state index in [-0.39, 0.29) is 5.91 Å². The van der Waals surface area contributed by atoms with Crippen LogP contribution < -0.4 is 0 Å². The summed E-state index contributed by atoms with van der Waals surface area (Å²) in [6, 6.07) is 9.82. The van der Waals surface area contributed by atoms with Gasteiger partial charge in [-0.2, -0.15) is 0 Å². The fourth-order valence-electron chi connectivity index (χ4n) is 1.75. The SMILES string of the molecule is CN(C(=O)C(O[Si](C)(C)C)c1ccccc1)[Si](C)(C)C. The molecule has 0 heterocycles. The van der Waals surface area contributed by atoms with Crippen LogP contribution in [-0.4, -0.2) is 34.1 Å². The minimum absolute atomic E-state index is 0.0813. The summed E-state index contributed by atoms with van der Waals surface area (Å²) in [4.78, 5) is 12.8. The molecule has 0 spiro atoms. The lowest BCUT2D eigenvalue weighted by atomic mass is 10.1. The number of rotatable bonds is 5. The van der Waals surface area contributed by atoms with Crippen molar-refractivity contribution in [2.24, 2.45) is 0 Å². The molecule has 1 atom stereocenters. The van der Waals surface area contributed by atoms with Crippen molar-refractivity contribution in [1.82, 2.24) is 4.57 Å². The molecule has 1 amide bonds. The second-order valence-electron chi connectivity index (χ2n) is 7.09. The van der Waals surface area contributed by atoms with Gasteiger partial charge in [-0.25, -0.2) is 0 Å². The van der Waals surface area contributed by atoms with E-state index in [1.165, 1.54) is 0 Å². The molecule has 0 saturated carbocycles. The first-order chi connectivity index (χ1) is 9.02. The smallest absolute Gasteiger partial charge is 0.247 e. The maximum absolute atomic E-state index is 12.8. The van der Waals surface area contributed by atoms with E-state index in [9.17, 15) is 4.79 Å². The van der Waals surface area contributed by atoms with Gasteiger partial charge in [-0.3, -0.25) is 4.79 Å². The van der Waals surface area contributed by atoms with Crippen molar-refractivity contribution in [3.8, 4) is 0 Å². The average Bonchev–Trinajstić information content (AvgIpc) is 2.33. The summed E-state index contributed by atoms with van der Waals surface area (Å²) in [6.45, 7) is 12.9. The molecule has 0 saturated heterocycles. The minimum atomic E-state index is -1.80. The molecule has 0 aliphatic rings. The predicted molar refractivity (Wildman–Crippen MR) is 89.7 cm³/mol. The lowest BCUT2D eigenvalue weighted by Gasteiger charge is -2.35. The van der Waals surface area contributed by atoms with E-state index in [0.717, 1.165) is 5.56 Å². The van der Waals surface area contributed by atoms with Crippen LogP contribution in [0.1, 0.15) is 11.7 Å². The molecule has 112 valence electrons. The van der Waals surface area contributed by atoms with Gasteiger partial charge in [-0.1, -0.05) is 50.0 Å². The predicted octanol–water partition coefficient (Wildman–Crippen LogP) is 3.87. The Balaban J connectivity index is 3.09. The molecule has 0 aliphatic heterocycles. The molecule has 0 N–H and O–H groups in total. The van der Waals surface area contributed by atoms with Gasteiger partial charge in [0.1, 0.15) is 6.10 Å². The van der Waals surface area contributed by atoms with Crippen LogP contribution in [0.3, 0.4) is 0 Å². The fraction of sp³-hybridized carbons (Fsp3) is 0.533. The number of benzene rings is 1. The van der Waals surface area contributed by atoms with Gasteiger partial charge in [0.05, 0.1) is 0 Å². The first kappa shape index (κ1) is 17.1. The molecule has 1 rings (SSSR count). The lowest BCUT2D eigenvalue weighted by Crippen LogP contribution is -2.50. The summed E-state index contributed by atoms with van der Waals surface area (Å²) in [5, 5.41) is 0. The molecule has 5 heteroatoms. The van der Waals surface area contributed by atoms with Gasteiger partial charge in [0.25, 0.3) is 0 Å². The number of carbonyl (C=O) groups is 1. The van der Waals surface area contributed by atoms with Gasteiger partial charge in [0.15, 0.2) is 16.6 Å². The minimum Gasteiger partial charge on any atom is -0.402 e. The third-order valence-corrected chi connectivity index (χ3v) is 6.31. The second kappa shape index (κ2) is 6.24. The van der Waals surface area contributed by atoms with Crippen molar-refractivity contribution in [2.75, 3.05) is 7.05 Å². The molecule has 0 bridgehead atoms. The summed E-state index contributed by atoms with van der Waals surface area (Å²) >= 11 is 0. The zero-order valence-corrected chi connectivity index (χ0v) is 15.7. The molecule has 1 unspecified atom stereocenters. The Bertz CT molecular complexity index is 449. The Kier molecular flexibility index (Phi) is 5.35. The number of amides is 1. The number of carbonyl (C=O) groups excluding carboxylic acids is 1. The van der Waals surface area contributed by atoms with Crippen LogP contribution in [0.2, 0.25) is 39.3 Å². The molecule has 1 aromatic rings. The van der Waals surface area contributed by atoms with Crippen LogP contribution in [0, 0.1) is 0 Å². The molecular weight excluding hydrogens is 282 g/mol. The van der Waals surface area contributed by atoms with E-state index in [2.05, 4.69) is 39.3 Å². The van der Waals surface area contributed by atoms with Crippen molar-refractivity contribution < 1.29 is 9.22 Å². The Morgan fingerprint density at radius 3 is 1.95 bits per heavy atom. The van der Waals surface area contributed by atoms with Gasteiger partial charge < -0.3 is 8.99 Å². The third kappa shape index (κ3) is 4.88. The van der Waals surface area contributed by atoms with E-state index in [1.807, 2.05) is 41.9 Å². The highest BCUT2D eigenvalue weighted by Crippen LogP contribution is 2.26. The normalized spacial score (nSPS) is 13.9. The molecule has 1 aromatic carbocycles. The quantitative estimate of drug-likeness (QED) is 0.773. The second-order valence-corrected chi connectivity index (χ2v) is 16.6. The van der Waals surface area contributed by atoms with Crippen LogP contribution in [0.4, 0.5) is 0 Å². The highest BCUT2D eigenvalue weighted by atomic mass is 28.4. The van der Waals surface area contributed by atoms with Gasteiger partial charge in [-0.05, 0) is 25.2 Å². The Morgan fingerprint density at radius 2 is 1.55 bits per heavy atom. The van der Waals surface area contributed by atoms with E-state index in [1.54, 1.807) is 0 Å². The molecule has 20 heavy (non-hydrogen) atoms. The number of hydrogen-bond acceptors (Lipinski definition) is 2. The zero-order valence-electron chi connectivity index (χ0n) is 13.7. The molecule has 0 aromatic heterocycles. The van der Waals surface area contributed by atoms with Gasteiger partial charge in [0.2, 0.25) is 5.91 Å². The van der Waals surface area contributed by atoms with E-state index >= 15 is 0 Å². The van der Waals surface area contributed by atoms with Crippen LogP contribution in [-0.2, 0) is 9.22 Å². The first-order valence-corrected chi connectivity index (χ1v) is 13.9. The van der Waals surface area contributed by atoms with Crippen LogP contribution >= 0.6 is 0 Å². The highest BCUT2D eigenvalue weighted by Gasteiger charge is 2.34. The average molecular weight is 310 g/mol. The molecule has 3 nitrogen and oxygen atoms in total. The van der Waals surface area contributed by atoms with Gasteiger partial charge in [-0.15, -0.1) is 0 Å². The molecule has 0 fully saturated rings. The molecular formula is C15H27NO2Si2. The number of likely N-dealkylation sites (N-methyl/N-ethyl adjacent to an activating group) is 1. The summed E-state index contributed by atoms with van der Waals surface area (Å²) in [6.07, 6.45) is -0.473. The van der Waals surface area contributed by atoms with Crippen LogP contribution in [0.5, 0.6) is 0 Å². The maximum Gasteiger partial charge on any atom is 0.247 e. The zero-order chi connectivity index (χ0) is 15.6. The first-order valence-electron chi connectivity index (χ1n) is 7.03. The number of hydrogen-bond donors (Lipinski definition) is 0. The molecule has 0 radical (unpaired) electrons. The summed E-state index contributed by atoms with van der Waals surface area (Å²) in [5.74, 6) is 0.0813. The van der Waals surface area contributed by atoms with Crippen molar-refractivity contribution in [3.63, 3.8) is 0 Å². The van der Waals surface area contributed by atoms with Crippen molar-refractivity contribution in [2.45, 2.75) is 45.4 Å². The lowest BCUT2D eigenvalue weighted by molar-refractivity contribution is -0.134. The Labute approximate surface area is 125 Å². The fourth-order valence-corrected chi connectivity index (χ4v) is 3.47. The molecule has 0 aliphatic carbocycles. The van der Waals surface area contributed by atoms with E-state index in [0.29, 0.717) is 0 Å². The standard InChI is InChI=1S/C15H27NO2Si2/c1-16(19(2,3)4)15(17)14(18-20(5,6)7)13-11-9-8-10-12-13/h8-12,14H,1-7H3. The highest BCUT2D eigenvalue weighted by molar-refractivity contribution is 6.75. The van der Waals surface area contributed by atoms with E-state index < -0.39 is 22.7 Å². The van der Waals surface area contributed by atoms with E-state index in [4.69, 9.17) is 4.43 Å². The van der Waals surface area contributed by atoms with Gasteiger partial charge >= 0.3 is 0 Å². The monoisotopic (exact) mass is 309 g/mol. The van der Waals surface area contributed by atoms with Crippen molar-refractivity contribution in [3.05, 3.63) is 35.9 Å². The third-order valence-electron chi connectivity index (χ3n) is 3.13. The summed E-state index contributed by atoms with van der Waals surface area (Å²) in [7, 11) is -1.58. The van der Waals surface area contributed by atoms with Crippen molar-refractivity contribution in [1.29, 1.82) is 0 Å². The van der Waals surface area contributed by atoms with Gasteiger partial charge in [0, 0.05) is 7.05 Å². The van der Waals surface area contributed by atoms with Crippen molar-refractivity contribution >= 4 is 22.5 Å². The topological polar surface area (TPSA) is 29.5 Å².